The standard InChI is InChI=1S/C21H27NO6S/c1-14(23)27-8-4-6-17-10-16(12-19-21(26)22(3)13-29-19)11-18(20(17)25)7-5-9-28-15(2)24/h10-12,25H,4-9,13H2,1-3H3. The summed E-state index contributed by atoms with van der Waals surface area (Å²) in [6.45, 7) is 3.28. The number of ether oxygens (including phenoxy) is 2. The summed E-state index contributed by atoms with van der Waals surface area (Å²) < 4.78 is 9.93. The predicted octanol–water partition coefficient (Wildman–Crippen LogP) is 2.89. The summed E-state index contributed by atoms with van der Waals surface area (Å²) in [6, 6.07) is 3.72. The van der Waals surface area contributed by atoms with Gasteiger partial charge in [-0.1, -0.05) is 11.8 Å². The van der Waals surface area contributed by atoms with E-state index in [1.165, 1.54) is 25.6 Å². The van der Waals surface area contributed by atoms with Crippen LogP contribution in [0.1, 0.15) is 43.4 Å². The fraction of sp³-hybridized carbons (Fsp3) is 0.476. The zero-order chi connectivity index (χ0) is 21.4. The van der Waals surface area contributed by atoms with Gasteiger partial charge in [-0.15, -0.1) is 0 Å². The third-order valence-electron chi connectivity index (χ3n) is 4.35. The molecule has 158 valence electrons. The van der Waals surface area contributed by atoms with Gasteiger partial charge in [0, 0.05) is 20.9 Å². The number of hydrogen-bond donors (Lipinski definition) is 1. The third-order valence-corrected chi connectivity index (χ3v) is 5.47. The fourth-order valence-corrected chi connectivity index (χ4v) is 3.89. The largest absolute Gasteiger partial charge is 0.507 e. The number of phenolic OH excluding ortho intramolecular Hbond substituents is 1. The molecule has 1 aliphatic heterocycles. The van der Waals surface area contributed by atoms with Crippen LogP contribution in [0.3, 0.4) is 0 Å². The van der Waals surface area contributed by atoms with E-state index in [0.29, 0.717) is 36.5 Å². The van der Waals surface area contributed by atoms with Crippen LogP contribution in [0, 0.1) is 0 Å². The Morgan fingerprint density at radius 3 is 2.03 bits per heavy atom. The molecule has 29 heavy (non-hydrogen) atoms. The van der Waals surface area contributed by atoms with Crippen LogP contribution >= 0.6 is 11.8 Å². The molecule has 7 nitrogen and oxygen atoms in total. The van der Waals surface area contributed by atoms with Crippen LogP contribution in [-0.2, 0) is 36.7 Å². The molecule has 1 aromatic rings. The van der Waals surface area contributed by atoms with Crippen molar-refractivity contribution in [1.82, 2.24) is 4.90 Å². The molecule has 1 saturated heterocycles. The summed E-state index contributed by atoms with van der Waals surface area (Å²) in [5, 5.41) is 10.7. The molecule has 2 rings (SSSR count). The summed E-state index contributed by atoms with van der Waals surface area (Å²) in [4.78, 5) is 36.3. The molecule has 8 heteroatoms. The van der Waals surface area contributed by atoms with E-state index in [1.807, 2.05) is 18.2 Å². The molecule has 0 bridgehead atoms. The van der Waals surface area contributed by atoms with Crippen molar-refractivity contribution in [3.63, 3.8) is 0 Å². The van der Waals surface area contributed by atoms with Gasteiger partial charge in [-0.3, -0.25) is 14.4 Å². The average Bonchev–Trinajstić information content (AvgIpc) is 2.97. The molecule has 1 aliphatic rings. The van der Waals surface area contributed by atoms with Crippen LogP contribution in [0.15, 0.2) is 17.0 Å². The van der Waals surface area contributed by atoms with E-state index >= 15 is 0 Å². The minimum atomic E-state index is -0.334. The normalized spacial score (nSPS) is 15.1. The Hall–Kier alpha value is -2.48. The van der Waals surface area contributed by atoms with Crippen molar-refractivity contribution in [3.8, 4) is 5.75 Å². The molecule has 0 aliphatic carbocycles. The summed E-state index contributed by atoms with van der Waals surface area (Å²) in [7, 11) is 1.76. The molecule has 1 fully saturated rings. The van der Waals surface area contributed by atoms with Crippen molar-refractivity contribution in [2.45, 2.75) is 39.5 Å². The van der Waals surface area contributed by atoms with Crippen LogP contribution in [-0.4, -0.2) is 54.0 Å². The lowest BCUT2D eigenvalue weighted by molar-refractivity contribution is -0.142. The second-order valence-corrected chi connectivity index (χ2v) is 7.85. The first kappa shape index (κ1) is 22.8. The van der Waals surface area contributed by atoms with Crippen LogP contribution in [0.25, 0.3) is 6.08 Å². The Morgan fingerprint density at radius 2 is 1.62 bits per heavy atom. The van der Waals surface area contributed by atoms with E-state index in [-0.39, 0.29) is 36.8 Å². The van der Waals surface area contributed by atoms with E-state index in [0.717, 1.165) is 16.7 Å². The quantitative estimate of drug-likeness (QED) is 0.372. The number of hydrogen-bond acceptors (Lipinski definition) is 7. The number of esters is 2. The number of carbonyl (C=O) groups excluding carboxylic acids is 3. The van der Waals surface area contributed by atoms with Crippen molar-refractivity contribution in [1.29, 1.82) is 0 Å². The topological polar surface area (TPSA) is 93.1 Å². The Bertz CT molecular complexity index is 761. The van der Waals surface area contributed by atoms with Gasteiger partial charge in [-0.2, -0.15) is 0 Å². The number of likely N-dealkylation sites (N-methyl/N-ethyl adjacent to an activating group) is 1. The van der Waals surface area contributed by atoms with Crippen LogP contribution < -0.4 is 0 Å². The highest BCUT2D eigenvalue weighted by Gasteiger charge is 2.23. The summed E-state index contributed by atoms with van der Waals surface area (Å²) in [5.41, 5.74) is 2.30. The van der Waals surface area contributed by atoms with Crippen LogP contribution in [0.5, 0.6) is 5.75 Å². The maximum absolute atomic E-state index is 12.2. The number of carbonyl (C=O) groups is 3. The minimum absolute atomic E-state index is 0.0177. The zero-order valence-corrected chi connectivity index (χ0v) is 17.8. The van der Waals surface area contributed by atoms with Gasteiger partial charge in [0.1, 0.15) is 5.75 Å². The number of aryl methyl sites for hydroxylation is 2. The SMILES string of the molecule is CC(=O)OCCCc1cc(C=C2SCN(C)C2=O)cc(CCCOC(C)=O)c1O. The third kappa shape index (κ3) is 7.12. The first-order valence-electron chi connectivity index (χ1n) is 9.49. The molecule has 0 aromatic heterocycles. The van der Waals surface area contributed by atoms with Gasteiger partial charge in [-0.05, 0) is 60.6 Å². The van der Waals surface area contributed by atoms with Gasteiger partial charge in [-0.25, -0.2) is 0 Å². The van der Waals surface area contributed by atoms with E-state index < -0.39 is 0 Å². The summed E-state index contributed by atoms with van der Waals surface area (Å²) in [5.74, 6) is 0.128. The Balaban J connectivity index is 2.19. The molecule has 0 unspecified atom stereocenters. The smallest absolute Gasteiger partial charge is 0.302 e. The van der Waals surface area contributed by atoms with Crippen molar-refractivity contribution < 1.29 is 29.0 Å². The van der Waals surface area contributed by atoms with Gasteiger partial charge in [0.15, 0.2) is 0 Å². The lowest BCUT2D eigenvalue weighted by Gasteiger charge is -2.13. The van der Waals surface area contributed by atoms with Crippen molar-refractivity contribution in [2.75, 3.05) is 26.1 Å². The fourth-order valence-electron chi connectivity index (χ4n) is 2.94. The van der Waals surface area contributed by atoms with E-state index in [4.69, 9.17) is 9.47 Å². The lowest BCUT2D eigenvalue weighted by atomic mass is 9.97. The molecular formula is C21H27NO6S. The van der Waals surface area contributed by atoms with Crippen LogP contribution in [0.2, 0.25) is 0 Å². The van der Waals surface area contributed by atoms with Gasteiger partial charge >= 0.3 is 11.9 Å². The second-order valence-electron chi connectivity index (χ2n) is 6.86. The Kier molecular flexibility index (Phi) is 8.57. The van der Waals surface area contributed by atoms with Gasteiger partial charge < -0.3 is 19.5 Å². The van der Waals surface area contributed by atoms with Crippen molar-refractivity contribution in [2.24, 2.45) is 0 Å². The van der Waals surface area contributed by atoms with E-state index in [2.05, 4.69) is 0 Å². The zero-order valence-electron chi connectivity index (χ0n) is 17.0. The molecular weight excluding hydrogens is 394 g/mol. The lowest BCUT2D eigenvalue weighted by Crippen LogP contribution is -2.18. The predicted molar refractivity (Wildman–Crippen MR) is 111 cm³/mol. The first-order valence-corrected chi connectivity index (χ1v) is 10.5. The summed E-state index contributed by atoms with van der Waals surface area (Å²) >= 11 is 1.48. The average molecular weight is 422 g/mol. The van der Waals surface area contributed by atoms with Gasteiger partial charge in [0.25, 0.3) is 5.91 Å². The molecule has 1 N–H and O–H groups in total. The number of benzene rings is 1. The highest BCUT2D eigenvalue weighted by atomic mass is 32.2. The van der Waals surface area contributed by atoms with E-state index in [9.17, 15) is 19.5 Å². The maximum atomic E-state index is 12.2. The second kappa shape index (κ2) is 10.9. The van der Waals surface area contributed by atoms with Gasteiger partial charge in [0.2, 0.25) is 0 Å². The van der Waals surface area contributed by atoms with E-state index in [1.54, 1.807) is 11.9 Å². The van der Waals surface area contributed by atoms with Gasteiger partial charge in [0.05, 0.1) is 24.0 Å². The molecule has 1 amide bonds. The monoisotopic (exact) mass is 421 g/mol. The molecule has 0 atom stereocenters. The summed E-state index contributed by atoms with van der Waals surface area (Å²) in [6.07, 6.45) is 4.07. The maximum Gasteiger partial charge on any atom is 0.302 e. The number of aromatic hydroxyl groups is 1. The molecule has 1 heterocycles. The van der Waals surface area contributed by atoms with Crippen molar-refractivity contribution in [3.05, 3.63) is 33.7 Å². The molecule has 0 saturated carbocycles. The number of rotatable bonds is 9. The Labute approximate surface area is 175 Å². The molecule has 0 radical (unpaired) electrons. The number of nitrogens with zero attached hydrogens (tertiary/aromatic N) is 1. The molecule has 1 aromatic carbocycles. The number of thioether (sulfide) groups is 1. The Morgan fingerprint density at radius 1 is 1.10 bits per heavy atom. The molecule has 0 spiro atoms. The minimum Gasteiger partial charge on any atom is -0.507 e. The first-order chi connectivity index (χ1) is 13.8. The van der Waals surface area contributed by atoms with Crippen LogP contribution in [0.4, 0.5) is 0 Å². The highest BCUT2D eigenvalue weighted by molar-refractivity contribution is 8.04. The number of amides is 1. The number of phenols is 1. The van der Waals surface area contributed by atoms with Crippen molar-refractivity contribution >= 4 is 35.7 Å². The highest BCUT2D eigenvalue weighted by Crippen LogP contribution is 2.32.